The van der Waals surface area contributed by atoms with Gasteiger partial charge in [-0.05, 0) is 12.5 Å². The molecule has 0 saturated carbocycles. The van der Waals surface area contributed by atoms with E-state index in [9.17, 15) is 10.1 Å². The Hall–Kier alpha value is -4.51. The van der Waals surface area contributed by atoms with E-state index in [2.05, 4.69) is 20.6 Å². The first-order valence-corrected chi connectivity index (χ1v) is 10.0. The number of hydrogen-bond donors (Lipinski definition) is 4. The molecular formula is C21H21N9O2. The zero-order chi connectivity index (χ0) is 22.7. The lowest BCUT2D eigenvalue weighted by Gasteiger charge is -2.27. The first kappa shape index (κ1) is 20.8. The van der Waals surface area contributed by atoms with Crippen LogP contribution in [0, 0.1) is 22.8 Å². The highest BCUT2D eigenvalue weighted by molar-refractivity contribution is 5.98. The second-order valence-electron chi connectivity index (χ2n) is 7.27. The molecule has 0 radical (unpaired) electrons. The molecule has 11 heteroatoms. The Bertz CT molecular complexity index is 1180. The predicted octanol–water partition coefficient (Wildman–Crippen LogP) is 1.06. The second-order valence-corrected chi connectivity index (χ2v) is 7.27. The Morgan fingerprint density at radius 1 is 1.31 bits per heavy atom. The molecule has 1 saturated heterocycles. The maximum absolute atomic E-state index is 11.8. The number of nitrogens with two attached hydrogens (primary N) is 2. The zero-order valence-corrected chi connectivity index (χ0v) is 17.1. The summed E-state index contributed by atoms with van der Waals surface area (Å²) in [5.74, 6) is 1.12. The van der Waals surface area contributed by atoms with Gasteiger partial charge in [0.15, 0.2) is 6.19 Å². The molecule has 6 N–H and O–H groups in total. The normalized spacial score (nSPS) is 16.9. The maximum Gasteiger partial charge on any atom is 0.222 e. The fraction of sp³-hybridized carbons (Fsp3) is 0.286. The number of nitrogens with one attached hydrogen (secondary N) is 2. The number of pyridine rings is 1. The van der Waals surface area contributed by atoms with Gasteiger partial charge in [-0.3, -0.25) is 10.1 Å². The van der Waals surface area contributed by atoms with Crippen LogP contribution in [0.5, 0.6) is 5.75 Å². The van der Waals surface area contributed by atoms with Crippen LogP contribution in [0.2, 0.25) is 0 Å². The van der Waals surface area contributed by atoms with Crippen LogP contribution in [0.4, 0.5) is 17.3 Å². The van der Waals surface area contributed by atoms with Crippen LogP contribution >= 0.6 is 0 Å². The van der Waals surface area contributed by atoms with Crippen LogP contribution in [0.25, 0.3) is 0 Å². The number of fused-ring (bicyclic) bond motifs is 1. The Morgan fingerprint density at radius 3 is 2.84 bits per heavy atom. The number of benzene rings is 1. The Kier molecular flexibility index (Phi) is 5.64. The second kappa shape index (κ2) is 8.70. The van der Waals surface area contributed by atoms with E-state index in [1.54, 1.807) is 11.0 Å². The summed E-state index contributed by atoms with van der Waals surface area (Å²) in [6.07, 6.45) is 3.26. The van der Waals surface area contributed by atoms with E-state index in [1.807, 2.05) is 30.5 Å². The summed E-state index contributed by atoms with van der Waals surface area (Å²) < 4.78 is 6.01. The lowest BCUT2D eigenvalue weighted by Crippen LogP contribution is -2.33. The van der Waals surface area contributed by atoms with Crippen LogP contribution in [-0.2, 0) is 4.79 Å². The molecule has 1 amide bonds. The van der Waals surface area contributed by atoms with Crippen molar-refractivity contribution in [2.24, 2.45) is 4.99 Å². The third-order valence-corrected chi connectivity index (χ3v) is 5.36. The van der Waals surface area contributed by atoms with Crippen molar-refractivity contribution in [3.8, 4) is 18.0 Å². The zero-order valence-electron chi connectivity index (χ0n) is 17.1. The molecule has 32 heavy (non-hydrogen) atoms. The molecule has 162 valence electrons. The minimum Gasteiger partial charge on any atom is -0.491 e. The molecule has 2 aliphatic heterocycles. The third kappa shape index (κ3) is 3.79. The number of anilines is 3. The largest absolute Gasteiger partial charge is 0.491 e. The summed E-state index contributed by atoms with van der Waals surface area (Å²) in [5.41, 5.74) is 13.5. The summed E-state index contributed by atoms with van der Waals surface area (Å²) in [4.78, 5) is 22.4. The molecule has 1 fully saturated rings. The molecule has 4 rings (SSSR count). The molecule has 0 aliphatic carbocycles. The van der Waals surface area contributed by atoms with Gasteiger partial charge in [-0.15, -0.1) is 0 Å². The predicted molar refractivity (Wildman–Crippen MR) is 117 cm³/mol. The standard InChI is InChI=1S/C21H21N9O2/c22-10-13-17(24)16-18(27-21(26-11-23)29-20(16)28-19(13)25)12-4-1-2-5-14(12)32-9-8-30-7-3-6-15(30)31/h1-2,4-5,18H,3,6-9H2,(H6,24,25,26,27,28,29). The van der Waals surface area contributed by atoms with Crippen molar-refractivity contribution >= 4 is 29.2 Å². The van der Waals surface area contributed by atoms with E-state index in [-0.39, 0.29) is 28.9 Å². The molecule has 1 aromatic heterocycles. The number of guanidine groups is 1. The van der Waals surface area contributed by atoms with Gasteiger partial charge >= 0.3 is 0 Å². The van der Waals surface area contributed by atoms with Crippen molar-refractivity contribution in [2.45, 2.75) is 18.9 Å². The molecule has 0 bridgehead atoms. The molecule has 0 spiro atoms. The lowest BCUT2D eigenvalue weighted by molar-refractivity contribution is -0.128. The van der Waals surface area contributed by atoms with Gasteiger partial charge in [0, 0.05) is 24.1 Å². The number of aromatic nitrogens is 1. The Morgan fingerprint density at radius 2 is 2.12 bits per heavy atom. The average Bonchev–Trinajstić information content (AvgIpc) is 3.18. The smallest absolute Gasteiger partial charge is 0.222 e. The minimum absolute atomic E-state index is 0.0203. The first-order valence-electron chi connectivity index (χ1n) is 10.0. The van der Waals surface area contributed by atoms with Crippen LogP contribution in [-0.4, -0.2) is 41.4 Å². The number of amides is 1. The molecule has 3 heterocycles. The number of aliphatic imine (C=N–C) groups is 1. The average molecular weight is 431 g/mol. The first-order chi connectivity index (χ1) is 15.5. The summed E-state index contributed by atoms with van der Waals surface area (Å²) in [6, 6.07) is 8.55. The Labute approximate surface area is 184 Å². The van der Waals surface area contributed by atoms with E-state index >= 15 is 0 Å². The van der Waals surface area contributed by atoms with Crippen LogP contribution < -0.4 is 26.8 Å². The fourth-order valence-electron chi connectivity index (χ4n) is 3.85. The lowest BCUT2D eigenvalue weighted by atomic mass is 9.94. The number of ether oxygens (including phenoxy) is 1. The number of carbonyl (C=O) groups is 1. The number of nitrogen functional groups attached to an aromatic ring is 2. The van der Waals surface area contributed by atoms with Gasteiger partial charge in [-0.25, -0.2) is 9.98 Å². The van der Waals surface area contributed by atoms with Crippen molar-refractivity contribution in [1.82, 2.24) is 15.2 Å². The van der Waals surface area contributed by atoms with Gasteiger partial charge < -0.3 is 26.4 Å². The minimum atomic E-state index is -0.702. The number of hydrogen-bond acceptors (Lipinski definition) is 10. The maximum atomic E-state index is 11.8. The molecule has 11 nitrogen and oxygen atoms in total. The van der Waals surface area contributed by atoms with E-state index < -0.39 is 6.04 Å². The number of nitriles is 2. The van der Waals surface area contributed by atoms with E-state index in [0.29, 0.717) is 42.3 Å². The molecule has 2 aromatic rings. The topological polar surface area (TPSA) is 178 Å². The van der Waals surface area contributed by atoms with Gasteiger partial charge in [0.2, 0.25) is 11.9 Å². The third-order valence-electron chi connectivity index (χ3n) is 5.36. The van der Waals surface area contributed by atoms with Crippen molar-refractivity contribution < 1.29 is 9.53 Å². The summed E-state index contributed by atoms with van der Waals surface area (Å²) in [5, 5.41) is 23.9. The van der Waals surface area contributed by atoms with Crippen LogP contribution in [0.15, 0.2) is 29.3 Å². The fourth-order valence-corrected chi connectivity index (χ4v) is 3.85. The highest BCUT2D eigenvalue weighted by Crippen LogP contribution is 2.43. The van der Waals surface area contributed by atoms with Gasteiger partial charge in [0.05, 0.1) is 12.2 Å². The van der Waals surface area contributed by atoms with E-state index in [1.165, 1.54) is 0 Å². The molecule has 1 unspecified atom stereocenters. The number of likely N-dealkylation sites (tertiary alicyclic amines) is 1. The monoisotopic (exact) mass is 431 g/mol. The number of para-hydroxylation sites is 1. The van der Waals surface area contributed by atoms with Crippen molar-refractivity contribution in [2.75, 3.05) is 36.5 Å². The van der Waals surface area contributed by atoms with Crippen LogP contribution in [0.1, 0.15) is 35.6 Å². The van der Waals surface area contributed by atoms with Gasteiger partial charge in [0.25, 0.3) is 0 Å². The van der Waals surface area contributed by atoms with Crippen LogP contribution in [0.3, 0.4) is 0 Å². The van der Waals surface area contributed by atoms with Gasteiger partial charge in [-0.2, -0.15) is 10.5 Å². The number of rotatable bonds is 5. The molecule has 1 aromatic carbocycles. The van der Waals surface area contributed by atoms with E-state index in [0.717, 1.165) is 13.0 Å². The van der Waals surface area contributed by atoms with Crippen molar-refractivity contribution in [3.63, 3.8) is 0 Å². The van der Waals surface area contributed by atoms with Crippen molar-refractivity contribution in [3.05, 3.63) is 41.0 Å². The summed E-state index contributed by atoms with van der Waals surface area (Å²) >= 11 is 0. The number of nitrogens with zero attached hydrogens (tertiary/aromatic N) is 5. The summed E-state index contributed by atoms with van der Waals surface area (Å²) in [6.45, 7) is 1.53. The van der Waals surface area contributed by atoms with Gasteiger partial charge in [0.1, 0.15) is 41.7 Å². The molecular weight excluding hydrogens is 410 g/mol. The highest BCUT2D eigenvalue weighted by atomic mass is 16.5. The SMILES string of the molecule is N#CNC1=NC(c2ccccc2OCCN2CCCC2=O)c2c(nc(N)c(C#N)c2N)N1. The number of carbonyl (C=O) groups excluding carboxylic acids is 1. The van der Waals surface area contributed by atoms with Crippen molar-refractivity contribution in [1.29, 1.82) is 10.5 Å². The van der Waals surface area contributed by atoms with Gasteiger partial charge in [-0.1, -0.05) is 18.2 Å². The Balaban J connectivity index is 1.70. The van der Waals surface area contributed by atoms with E-state index in [4.69, 9.17) is 21.5 Å². The highest BCUT2D eigenvalue weighted by Gasteiger charge is 2.31. The molecule has 2 aliphatic rings. The summed E-state index contributed by atoms with van der Waals surface area (Å²) in [7, 11) is 0. The molecule has 1 atom stereocenters. The quantitative estimate of drug-likeness (QED) is 0.398.